The average molecular weight is 494 g/mol. The molecule has 7 nitrogen and oxygen atoms in total. The topological polar surface area (TPSA) is 75.4 Å². The number of thiophene rings is 1. The van der Waals surface area contributed by atoms with Crippen LogP contribution in [0.15, 0.2) is 52.4 Å². The molecule has 0 N–H and O–H groups in total. The van der Waals surface area contributed by atoms with E-state index in [4.69, 9.17) is 4.42 Å². The van der Waals surface area contributed by atoms with Crippen LogP contribution in [0.1, 0.15) is 37.6 Å². The molecule has 4 heterocycles. The van der Waals surface area contributed by atoms with Crippen LogP contribution in [0.5, 0.6) is 0 Å². The van der Waals surface area contributed by atoms with Crippen molar-refractivity contribution >= 4 is 33.7 Å². The van der Waals surface area contributed by atoms with Crippen LogP contribution in [0.2, 0.25) is 0 Å². The van der Waals surface area contributed by atoms with E-state index in [1.807, 2.05) is 16.3 Å². The number of carbonyl (C=O) groups excluding carboxylic acids is 1. The van der Waals surface area contributed by atoms with Crippen LogP contribution in [-0.2, 0) is 11.2 Å². The lowest BCUT2D eigenvalue weighted by atomic mass is 10.0. The Labute approximate surface area is 207 Å². The number of aryl methyl sites for hydroxylation is 1. The van der Waals surface area contributed by atoms with Crippen LogP contribution < -0.4 is 4.90 Å². The molecule has 5 rings (SSSR count). The van der Waals surface area contributed by atoms with E-state index in [2.05, 4.69) is 64.3 Å². The van der Waals surface area contributed by atoms with Crippen molar-refractivity contribution in [1.82, 2.24) is 20.1 Å². The second kappa shape index (κ2) is 10.1. The van der Waals surface area contributed by atoms with Crippen molar-refractivity contribution in [3.63, 3.8) is 0 Å². The van der Waals surface area contributed by atoms with Gasteiger partial charge in [0.05, 0.1) is 11.1 Å². The Morgan fingerprint density at radius 2 is 1.88 bits per heavy atom. The highest BCUT2D eigenvalue weighted by Crippen LogP contribution is 2.32. The van der Waals surface area contributed by atoms with Crippen LogP contribution in [-0.4, -0.2) is 52.2 Å². The van der Waals surface area contributed by atoms with Gasteiger partial charge in [0.2, 0.25) is 11.0 Å². The third kappa shape index (κ3) is 5.05. The summed E-state index contributed by atoms with van der Waals surface area (Å²) in [6.45, 7) is 7.26. The molecule has 0 radical (unpaired) electrons. The zero-order valence-electron chi connectivity index (χ0n) is 19.3. The van der Waals surface area contributed by atoms with Crippen LogP contribution in [0.4, 0.5) is 5.13 Å². The van der Waals surface area contributed by atoms with Gasteiger partial charge in [-0.1, -0.05) is 55.5 Å². The number of rotatable bonds is 7. The van der Waals surface area contributed by atoms with E-state index in [9.17, 15) is 4.79 Å². The molecule has 3 aromatic heterocycles. The molecule has 0 aliphatic carbocycles. The van der Waals surface area contributed by atoms with Crippen molar-refractivity contribution < 1.29 is 9.21 Å². The minimum atomic E-state index is 0.136. The zero-order chi connectivity index (χ0) is 23.5. The van der Waals surface area contributed by atoms with E-state index in [0.717, 1.165) is 39.4 Å². The van der Waals surface area contributed by atoms with Gasteiger partial charge in [0.15, 0.2) is 16.7 Å². The van der Waals surface area contributed by atoms with Gasteiger partial charge in [-0.15, -0.1) is 21.5 Å². The molecule has 1 aromatic carbocycles. The first kappa shape index (κ1) is 22.7. The molecule has 1 fully saturated rings. The number of anilines is 1. The molecule has 0 bridgehead atoms. The molecule has 0 atom stereocenters. The van der Waals surface area contributed by atoms with E-state index >= 15 is 0 Å². The number of hydrogen-bond donors (Lipinski definition) is 0. The number of hydrogen-bond acceptors (Lipinski definition) is 8. The molecule has 9 heteroatoms. The molecular formula is C25H27N5O2S2. The van der Waals surface area contributed by atoms with Crippen molar-refractivity contribution in [2.45, 2.75) is 32.6 Å². The normalized spacial score (nSPS) is 14.2. The number of piperazine rings is 1. The van der Waals surface area contributed by atoms with E-state index in [0.29, 0.717) is 37.7 Å². The summed E-state index contributed by atoms with van der Waals surface area (Å²) in [6.07, 6.45) is 2.65. The molecule has 1 aliphatic heterocycles. The fourth-order valence-electron chi connectivity index (χ4n) is 3.95. The highest BCUT2D eigenvalue weighted by Gasteiger charge is 2.24. The van der Waals surface area contributed by atoms with Gasteiger partial charge in [-0.25, -0.2) is 4.98 Å². The molecule has 1 saturated heterocycles. The lowest BCUT2D eigenvalue weighted by molar-refractivity contribution is -0.131. The van der Waals surface area contributed by atoms with Crippen LogP contribution >= 0.6 is 22.7 Å². The number of oxazole rings is 1. The summed E-state index contributed by atoms with van der Waals surface area (Å²) in [4.78, 5) is 22.4. The van der Waals surface area contributed by atoms with Crippen molar-refractivity contribution in [3.8, 4) is 21.2 Å². The number of benzene rings is 1. The van der Waals surface area contributed by atoms with E-state index in [-0.39, 0.29) is 5.91 Å². The first-order valence-corrected chi connectivity index (χ1v) is 13.2. The minimum absolute atomic E-state index is 0.136. The monoisotopic (exact) mass is 493 g/mol. The number of amides is 1. The van der Waals surface area contributed by atoms with E-state index in [1.54, 1.807) is 28.9 Å². The molecular weight excluding hydrogens is 466 g/mol. The van der Waals surface area contributed by atoms with Gasteiger partial charge in [0, 0.05) is 44.6 Å². The standard InChI is InChI=1S/C25H27N5O2S2/c1-17(2)18-5-7-19(8-6-18)20-16-26-22(32-20)9-10-23(31)29-11-13-30(14-12-29)25-28-27-24(34-25)21-4-3-15-33-21/h3-8,15-17H,9-14H2,1-2H3. The molecule has 1 amide bonds. The summed E-state index contributed by atoms with van der Waals surface area (Å²) < 4.78 is 5.91. The minimum Gasteiger partial charge on any atom is -0.441 e. The quantitative estimate of drug-likeness (QED) is 0.347. The highest BCUT2D eigenvalue weighted by atomic mass is 32.1. The smallest absolute Gasteiger partial charge is 0.223 e. The lowest BCUT2D eigenvalue weighted by Gasteiger charge is -2.34. The molecule has 0 unspecified atom stereocenters. The van der Waals surface area contributed by atoms with Crippen LogP contribution in [0.25, 0.3) is 21.2 Å². The van der Waals surface area contributed by atoms with Crippen molar-refractivity contribution in [2.24, 2.45) is 0 Å². The van der Waals surface area contributed by atoms with Crippen LogP contribution in [0.3, 0.4) is 0 Å². The fraction of sp³-hybridized carbons (Fsp3) is 0.360. The number of aromatic nitrogens is 3. The SMILES string of the molecule is CC(C)c1ccc(-c2cnc(CCC(=O)N3CCN(c4nnc(-c5cccs5)s4)CC3)o2)cc1. The first-order valence-electron chi connectivity index (χ1n) is 11.5. The Balaban J connectivity index is 1.11. The van der Waals surface area contributed by atoms with Crippen molar-refractivity contribution in [1.29, 1.82) is 0 Å². The maximum Gasteiger partial charge on any atom is 0.223 e. The molecule has 4 aromatic rings. The summed E-state index contributed by atoms with van der Waals surface area (Å²) >= 11 is 3.28. The predicted octanol–water partition coefficient (Wildman–Crippen LogP) is 5.33. The van der Waals surface area contributed by atoms with Crippen LogP contribution in [0, 0.1) is 0 Å². The second-order valence-corrected chi connectivity index (χ2v) is 10.5. The van der Waals surface area contributed by atoms with Gasteiger partial charge in [-0.05, 0) is 22.9 Å². The third-order valence-electron chi connectivity index (χ3n) is 6.02. The highest BCUT2D eigenvalue weighted by molar-refractivity contribution is 7.22. The van der Waals surface area contributed by atoms with E-state index in [1.165, 1.54) is 5.56 Å². The van der Waals surface area contributed by atoms with Gasteiger partial charge in [-0.3, -0.25) is 4.79 Å². The molecule has 0 saturated carbocycles. The summed E-state index contributed by atoms with van der Waals surface area (Å²) in [5.74, 6) is 1.97. The fourth-order valence-corrected chi connectivity index (χ4v) is 5.64. The number of carbonyl (C=O) groups is 1. The summed E-state index contributed by atoms with van der Waals surface area (Å²) in [7, 11) is 0. The second-order valence-electron chi connectivity index (χ2n) is 8.63. The molecule has 176 valence electrons. The largest absolute Gasteiger partial charge is 0.441 e. The Bertz CT molecular complexity index is 1220. The zero-order valence-corrected chi connectivity index (χ0v) is 20.9. The summed E-state index contributed by atoms with van der Waals surface area (Å²) in [5.41, 5.74) is 2.30. The Morgan fingerprint density at radius 3 is 2.59 bits per heavy atom. The molecule has 0 spiro atoms. The van der Waals surface area contributed by atoms with Crippen molar-refractivity contribution in [3.05, 3.63) is 59.4 Å². The average Bonchev–Trinajstić information content (AvgIpc) is 3.64. The van der Waals surface area contributed by atoms with Gasteiger partial charge in [0.25, 0.3) is 0 Å². The lowest BCUT2D eigenvalue weighted by Crippen LogP contribution is -2.48. The maximum absolute atomic E-state index is 12.8. The first-order chi connectivity index (χ1) is 16.6. The van der Waals surface area contributed by atoms with E-state index < -0.39 is 0 Å². The van der Waals surface area contributed by atoms with Gasteiger partial charge in [0.1, 0.15) is 0 Å². The Morgan fingerprint density at radius 1 is 1.09 bits per heavy atom. The Kier molecular flexibility index (Phi) is 6.73. The predicted molar refractivity (Wildman–Crippen MR) is 136 cm³/mol. The summed E-state index contributed by atoms with van der Waals surface area (Å²) in [5, 5.41) is 12.6. The Hall–Kier alpha value is -3.04. The maximum atomic E-state index is 12.8. The van der Waals surface area contributed by atoms with Gasteiger partial charge < -0.3 is 14.2 Å². The number of nitrogens with zero attached hydrogens (tertiary/aromatic N) is 5. The van der Waals surface area contributed by atoms with Gasteiger partial charge in [-0.2, -0.15) is 0 Å². The molecule has 1 aliphatic rings. The molecule has 34 heavy (non-hydrogen) atoms. The third-order valence-corrected chi connectivity index (χ3v) is 8.04. The van der Waals surface area contributed by atoms with Crippen molar-refractivity contribution in [2.75, 3.05) is 31.1 Å². The summed E-state index contributed by atoms with van der Waals surface area (Å²) in [6, 6.07) is 12.4. The van der Waals surface area contributed by atoms with Gasteiger partial charge >= 0.3 is 0 Å².